The minimum Gasteiger partial charge on any atom is -0.497 e. The minimum absolute atomic E-state index is 0.0466. The van der Waals surface area contributed by atoms with Gasteiger partial charge in [-0.1, -0.05) is 18.2 Å². The Morgan fingerprint density at radius 2 is 2.00 bits per heavy atom. The monoisotopic (exact) mass is 361 g/mol. The molecule has 22 heavy (non-hydrogen) atoms. The molecule has 0 fully saturated rings. The molecule has 0 aliphatic carbocycles. The van der Waals surface area contributed by atoms with Crippen LogP contribution in [0.5, 0.6) is 5.75 Å². The summed E-state index contributed by atoms with van der Waals surface area (Å²) in [6.07, 6.45) is 0. The van der Waals surface area contributed by atoms with Crippen LogP contribution < -0.4 is 4.74 Å². The maximum Gasteiger partial charge on any atom is 0.281 e. The molecule has 0 saturated carbocycles. The number of rotatable bonds is 4. The molecular formula is C15H12BrN3O3. The Morgan fingerprint density at radius 3 is 2.64 bits per heavy atom. The lowest BCUT2D eigenvalue weighted by Gasteiger charge is -2.05. The van der Waals surface area contributed by atoms with Crippen LogP contribution in [-0.2, 0) is 6.54 Å². The predicted octanol–water partition coefficient (Wildman–Crippen LogP) is 3.76. The lowest BCUT2D eigenvalue weighted by Crippen LogP contribution is -2.01. The van der Waals surface area contributed by atoms with E-state index in [1.807, 2.05) is 24.3 Å². The summed E-state index contributed by atoms with van der Waals surface area (Å²) in [7, 11) is 1.62. The molecular weight excluding hydrogens is 350 g/mol. The fraction of sp³-hybridized carbons (Fsp3) is 0.133. The Balaban J connectivity index is 2.02. The number of hydrogen-bond acceptors (Lipinski definition) is 4. The zero-order chi connectivity index (χ0) is 15.7. The minimum atomic E-state index is -0.396. The van der Waals surface area contributed by atoms with Crippen molar-refractivity contribution in [3.05, 3.63) is 62.7 Å². The van der Waals surface area contributed by atoms with Crippen molar-refractivity contribution in [2.75, 3.05) is 7.11 Å². The van der Waals surface area contributed by atoms with Gasteiger partial charge in [0.15, 0.2) is 0 Å². The highest BCUT2D eigenvalue weighted by molar-refractivity contribution is 9.10. The van der Waals surface area contributed by atoms with Crippen LogP contribution in [0.1, 0.15) is 5.56 Å². The van der Waals surface area contributed by atoms with Crippen molar-refractivity contribution in [3.63, 3.8) is 0 Å². The molecule has 0 aliphatic heterocycles. The van der Waals surface area contributed by atoms with Gasteiger partial charge < -0.3 is 4.74 Å². The second kappa shape index (κ2) is 5.76. The Kier molecular flexibility index (Phi) is 3.81. The van der Waals surface area contributed by atoms with Crippen molar-refractivity contribution < 1.29 is 9.66 Å². The zero-order valence-electron chi connectivity index (χ0n) is 11.7. The second-order valence-corrected chi connectivity index (χ2v) is 5.48. The Hall–Kier alpha value is -2.41. The highest BCUT2D eigenvalue weighted by Gasteiger charge is 2.19. The van der Waals surface area contributed by atoms with Gasteiger partial charge in [-0.25, -0.2) is 0 Å². The van der Waals surface area contributed by atoms with E-state index in [4.69, 9.17) is 4.74 Å². The molecule has 0 unspecified atom stereocenters. The summed E-state index contributed by atoms with van der Waals surface area (Å²) >= 11 is 3.43. The van der Waals surface area contributed by atoms with Crippen molar-refractivity contribution in [3.8, 4) is 5.75 Å². The summed E-state index contributed by atoms with van der Waals surface area (Å²) in [5.41, 5.74) is 1.66. The van der Waals surface area contributed by atoms with Crippen molar-refractivity contribution in [1.82, 2.24) is 9.78 Å². The van der Waals surface area contributed by atoms with Gasteiger partial charge in [-0.3, -0.25) is 14.8 Å². The Bertz CT molecular complexity index is 843. The van der Waals surface area contributed by atoms with Crippen molar-refractivity contribution >= 4 is 32.5 Å². The standard InChI is InChI=1S/C15H12BrN3O3/c1-22-11-7-5-10(6-8-11)9-18-15(16)14-12(17-18)3-2-4-13(14)19(20)21/h2-8H,9H2,1H3. The molecule has 0 aliphatic rings. The van der Waals surface area contributed by atoms with E-state index in [1.54, 1.807) is 23.9 Å². The number of ether oxygens (including phenoxy) is 1. The quantitative estimate of drug-likeness (QED) is 0.523. The van der Waals surface area contributed by atoms with Crippen molar-refractivity contribution in [2.45, 2.75) is 6.54 Å². The number of nitro groups is 1. The number of halogens is 1. The molecule has 0 bridgehead atoms. The summed E-state index contributed by atoms with van der Waals surface area (Å²) in [4.78, 5) is 10.7. The third-order valence-electron chi connectivity index (χ3n) is 3.37. The van der Waals surface area contributed by atoms with Gasteiger partial charge in [0, 0.05) is 6.07 Å². The van der Waals surface area contributed by atoms with Crippen LogP contribution in [-0.4, -0.2) is 21.8 Å². The normalized spacial score (nSPS) is 10.8. The number of aromatic nitrogens is 2. The van der Waals surface area contributed by atoms with E-state index in [-0.39, 0.29) is 5.69 Å². The first-order valence-electron chi connectivity index (χ1n) is 6.52. The summed E-state index contributed by atoms with van der Waals surface area (Å²) in [5, 5.41) is 16.1. The first kappa shape index (κ1) is 14.5. The summed E-state index contributed by atoms with van der Waals surface area (Å²) in [6.45, 7) is 0.510. The molecule has 0 radical (unpaired) electrons. The predicted molar refractivity (Wildman–Crippen MR) is 86.2 cm³/mol. The van der Waals surface area contributed by atoms with Gasteiger partial charge in [0.05, 0.1) is 18.6 Å². The molecule has 0 amide bonds. The van der Waals surface area contributed by atoms with Crippen LogP contribution in [0.2, 0.25) is 0 Å². The first-order chi connectivity index (χ1) is 10.6. The summed E-state index contributed by atoms with van der Waals surface area (Å²) in [6, 6.07) is 12.5. The largest absolute Gasteiger partial charge is 0.497 e. The average molecular weight is 362 g/mol. The highest BCUT2D eigenvalue weighted by Crippen LogP contribution is 2.32. The van der Waals surface area contributed by atoms with Gasteiger partial charge >= 0.3 is 0 Å². The van der Waals surface area contributed by atoms with Crippen molar-refractivity contribution in [1.29, 1.82) is 0 Å². The van der Waals surface area contributed by atoms with Crippen LogP contribution in [0.15, 0.2) is 47.1 Å². The van der Waals surface area contributed by atoms with E-state index in [2.05, 4.69) is 21.0 Å². The Morgan fingerprint density at radius 1 is 1.27 bits per heavy atom. The van der Waals surface area contributed by atoms with Crippen LogP contribution in [0.25, 0.3) is 10.9 Å². The highest BCUT2D eigenvalue weighted by atomic mass is 79.9. The van der Waals surface area contributed by atoms with Crippen molar-refractivity contribution in [2.24, 2.45) is 0 Å². The zero-order valence-corrected chi connectivity index (χ0v) is 13.3. The van der Waals surface area contributed by atoms with Gasteiger partial charge in [-0.05, 0) is 39.7 Å². The van der Waals surface area contributed by atoms with Gasteiger partial charge in [0.25, 0.3) is 5.69 Å². The number of fused-ring (bicyclic) bond motifs is 1. The smallest absolute Gasteiger partial charge is 0.281 e. The fourth-order valence-corrected chi connectivity index (χ4v) is 2.90. The second-order valence-electron chi connectivity index (χ2n) is 4.72. The number of methoxy groups -OCH3 is 1. The molecule has 1 heterocycles. The first-order valence-corrected chi connectivity index (χ1v) is 7.32. The molecule has 0 atom stereocenters. The molecule has 0 N–H and O–H groups in total. The molecule has 3 rings (SSSR count). The molecule has 112 valence electrons. The van der Waals surface area contributed by atoms with E-state index in [0.717, 1.165) is 11.3 Å². The van der Waals surface area contributed by atoms with Gasteiger partial charge in [0.2, 0.25) is 0 Å². The number of benzene rings is 2. The van der Waals surface area contributed by atoms with Crippen LogP contribution in [0.4, 0.5) is 5.69 Å². The number of non-ortho nitro benzene ring substituents is 1. The fourth-order valence-electron chi connectivity index (χ4n) is 2.29. The van der Waals surface area contributed by atoms with Gasteiger partial charge in [0.1, 0.15) is 21.3 Å². The van der Waals surface area contributed by atoms with E-state index in [1.165, 1.54) is 6.07 Å². The molecule has 1 aromatic heterocycles. The third-order valence-corrected chi connectivity index (χ3v) is 4.18. The van der Waals surface area contributed by atoms with Crippen LogP contribution in [0, 0.1) is 10.1 Å². The number of nitrogens with zero attached hydrogens (tertiary/aromatic N) is 3. The summed E-state index contributed by atoms with van der Waals surface area (Å²) in [5.74, 6) is 0.782. The lowest BCUT2D eigenvalue weighted by atomic mass is 10.2. The van der Waals surface area contributed by atoms with E-state index in [0.29, 0.717) is 22.1 Å². The van der Waals surface area contributed by atoms with Crippen LogP contribution >= 0.6 is 15.9 Å². The average Bonchev–Trinajstić information content (AvgIpc) is 2.84. The van der Waals surface area contributed by atoms with Gasteiger partial charge in [-0.15, -0.1) is 0 Å². The lowest BCUT2D eigenvalue weighted by molar-refractivity contribution is -0.383. The molecule has 6 nitrogen and oxygen atoms in total. The molecule has 0 saturated heterocycles. The number of nitro benzene ring substituents is 1. The van der Waals surface area contributed by atoms with Crippen LogP contribution in [0.3, 0.4) is 0 Å². The molecule has 3 aromatic rings. The van der Waals surface area contributed by atoms with Gasteiger partial charge in [-0.2, -0.15) is 5.10 Å². The van der Waals surface area contributed by atoms with E-state index < -0.39 is 4.92 Å². The maximum absolute atomic E-state index is 11.1. The SMILES string of the molecule is COc1ccc(Cn2nc3cccc([N+](=O)[O-])c3c2Br)cc1. The molecule has 2 aromatic carbocycles. The maximum atomic E-state index is 11.1. The third kappa shape index (κ3) is 2.55. The summed E-state index contributed by atoms with van der Waals surface area (Å²) < 4.78 is 7.44. The molecule has 7 heteroatoms. The van der Waals surface area contributed by atoms with E-state index in [9.17, 15) is 10.1 Å². The molecule has 0 spiro atoms. The van der Waals surface area contributed by atoms with E-state index >= 15 is 0 Å². The Labute approximate surface area is 134 Å². The number of hydrogen-bond donors (Lipinski definition) is 0. The topological polar surface area (TPSA) is 70.2 Å².